The van der Waals surface area contributed by atoms with Gasteiger partial charge in [-0.1, -0.05) is 18.5 Å². The molecule has 0 aromatic heterocycles. The molecule has 0 fully saturated rings. The monoisotopic (exact) mass is 294 g/mol. The molecule has 0 saturated heterocycles. The summed E-state index contributed by atoms with van der Waals surface area (Å²) in [5, 5.41) is 0.622. The van der Waals surface area contributed by atoms with Gasteiger partial charge in [0.1, 0.15) is 4.90 Å². The van der Waals surface area contributed by atoms with Gasteiger partial charge in [-0.15, -0.1) is 0 Å². The molecule has 1 aromatic carbocycles. The molecule has 17 heavy (non-hydrogen) atoms. The lowest BCUT2D eigenvalue weighted by molar-refractivity contribution is 0.582. The number of nitrogens with one attached hydrogen (secondary N) is 1. The lowest BCUT2D eigenvalue weighted by Crippen LogP contribution is -2.30. The molecule has 0 spiro atoms. The first-order valence-electron chi connectivity index (χ1n) is 4.94. The van der Waals surface area contributed by atoms with Gasteiger partial charge in [0.05, 0.1) is 5.69 Å². The van der Waals surface area contributed by atoms with E-state index in [2.05, 4.69) is 4.72 Å². The first-order chi connectivity index (χ1) is 7.86. The van der Waals surface area contributed by atoms with Crippen molar-refractivity contribution in [2.75, 3.05) is 18.5 Å². The molecule has 1 aromatic rings. The predicted molar refractivity (Wildman–Crippen MR) is 74.0 cm³/mol. The van der Waals surface area contributed by atoms with Gasteiger partial charge in [0, 0.05) is 16.8 Å². The number of thioether (sulfide) groups is 1. The molecule has 0 aliphatic carbocycles. The molecule has 0 bridgehead atoms. The molecule has 1 unspecified atom stereocenters. The summed E-state index contributed by atoms with van der Waals surface area (Å²) in [6.07, 6.45) is 1.93. The predicted octanol–water partition coefficient (Wildman–Crippen LogP) is 1.95. The normalized spacial score (nSPS) is 13.6. The molecular formula is C10H15ClN2O2S2. The number of anilines is 1. The van der Waals surface area contributed by atoms with Crippen LogP contribution in [0.25, 0.3) is 0 Å². The second kappa shape index (κ2) is 5.95. The number of sulfonamides is 1. The van der Waals surface area contributed by atoms with Crippen molar-refractivity contribution >= 4 is 39.1 Å². The van der Waals surface area contributed by atoms with Gasteiger partial charge in [0.15, 0.2) is 0 Å². The zero-order valence-corrected chi connectivity index (χ0v) is 12.0. The van der Waals surface area contributed by atoms with Crippen molar-refractivity contribution in [3.8, 4) is 0 Å². The van der Waals surface area contributed by atoms with Gasteiger partial charge < -0.3 is 5.73 Å². The fraction of sp³-hybridized carbons (Fsp3) is 0.400. The summed E-state index contributed by atoms with van der Waals surface area (Å²) in [6, 6.07) is 4.34. The lowest BCUT2D eigenvalue weighted by atomic mass is 10.3. The third-order valence-electron chi connectivity index (χ3n) is 2.22. The van der Waals surface area contributed by atoms with Crippen LogP contribution in [0.4, 0.5) is 5.69 Å². The second-order valence-corrected chi connectivity index (χ2v) is 7.03. The molecule has 0 radical (unpaired) electrons. The number of halogens is 1. The standard InChI is InChI=1S/C10H15ClN2O2S2/c1-7(16-2)6-13-17(14,15)10-4-3-8(11)5-9(10)12/h3-5,7,13H,6,12H2,1-2H3. The molecule has 0 heterocycles. The van der Waals surface area contributed by atoms with Gasteiger partial charge >= 0.3 is 0 Å². The summed E-state index contributed by atoms with van der Waals surface area (Å²) >= 11 is 7.31. The van der Waals surface area contributed by atoms with Gasteiger partial charge in [-0.05, 0) is 24.5 Å². The fourth-order valence-corrected chi connectivity index (χ4v) is 2.93. The van der Waals surface area contributed by atoms with E-state index in [1.165, 1.54) is 18.2 Å². The highest BCUT2D eigenvalue weighted by atomic mass is 35.5. The average Bonchev–Trinajstić information content (AvgIpc) is 2.25. The van der Waals surface area contributed by atoms with E-state index in [9.17, 15) is 8.42 Å². The van der Waals surface area contributed by atoms with Crippen LogP contribution in [0.1, 0.15) is 6.92 Å². The van der Waals surface area contributed by atoms with E-state index in [0.717, 1.165) is 0 Å². The first kappa shape index (κ1) is 14.6. The third kappa shape index (κ3) is 4.06. The Labute approximate surface area is 111 Å². The molecule has 0 saturated carbocycles. The van der Waals surface area contributed by atoms with Crippen molar-refractivity contribution in [3.05, 3.63) is 23.2 Å². The van der Waals surface area contributed by atoms with E-state index >= 15 is 0 Å². The summed E-state index contributed by atoms with van der Waals surface area (Å²) in [5.41, 5.74) is 5.79. The zero-order valence-electron chi connectivity index (χ0n) is 9.60. The summed E-state index contributed by atoms with van der Waals surface area (Å²) in [4.78, 5) is 0.0650. The molecule has 1 atom stereocenters. The molecule has 0 aliphatic heterocycles. The maximum atomic E-state index is 11.9. The number of rotatable bonds is 5. The number of nitrogens with two attached hydrogens (primary N) is 1. The smallest absolute Gasteiger partial charge is 0.242 e. The highest BCUT2D eigenvalue weighted by Gasteiger charge is 2.17. The average molecular weight is 295 g/mol. The van der Waals surface area contributed by atoms with Crippen molar-refractivity contribution < 1.29 is 8.42 Å². The van der Waals surface area contributed by atoms with Crippen molar-refractivity contribution in [2.45, 2.75) is 17.1 Å². The topological polar surface area (TPSA) is 72.2 Å². The number of nitrogen functional groups attached to an aromatic ring is 1. The Hall–Kier alpha value is -0.430. The highest BCUT2D eigenvalue weighted by Crippen LogP contribution is 2.22. The van der Waals surface area contributed by atoms with E-state index in [-0.39, 0.29) is 15.8 Å². The van der Waals surface area contributed by atoms with Crippen LogP contribution in [-0.4, -0.2) is 26.5 Å². The second-order valence-electron chi connectivity index (χ2n) is 3.58. The van der Waals surface area contributed by atoms with E-state index in [4.69, 9.17) is 17.3 Å². The van der Waals surface area contributed by atoms with E-state index in [0.29, 0.717) is 11.6 Å². The maximum absolute atomic E-state index is 11.9. The molecule has 0 aliphatic rings. The van der Waals surface area contributed by atoms with E-state index in [1.54, 1.807) is 11.8 Å². The number of benzene rings is 1. The summed E-state index contributed by atoms with van der Waals surface area (Å²) in [5.74, 6) is 0. The first-order valence-corrected chi connectivity index (χ1v) is 8.09. The van der Waals surface area contributed by atoms with Gasteiger partial charge in [-0.3, -0.25) is 0 Å². The largest absolute Gasteiger partial charge is 0.398 e. The summed E-state index contributed by atoms with van der Waals surface area (Å²) < 4.78 is 26.4. The SMILES string of the molecule is CSC(C)CNS(=O)(=O)c1ccc(Cl)cc1N. The molecule has 96 valence electrons. The van der Waals surface area contributed by atoms with Gasteiger partial charge in [-0.2, -0.15) is 11.8 Å². The molecule has 3 N–H and O–H groups in total. The molecular weight excluding hydrogens is 280 g/mol. The van der Waals surface area contributed by atoms with Crippen molar-refractivity contribution in [3.63, 3.8) is 0 Å². The van der Waals surface area contributed by atoms with Crippen LogP contribution in [0.3, 0.4) is 0 Å². The fourth-order valence-electron chi connectivity index (χ4n) is 1.15. The highest BCUT2D eigenvalue weighted by molar-refractivity contribution is 7.99. The Morgan fingerprint density at radius 2 is 2.18 bits per heavy atom. The molecule has 1 rings (SSSR count). The summed E-state index contributed by atoms with van der Waals surface area (Å²) in [6.45, 7) is 2.31. The Morgan fingerprint density at radius 3 is 2.71 bits per heavy atom. The Morgan fingerprint density at radius 1 is 1.53 bits per heavy atom. The number of hydrogen-bond donors (Lipinski definition) is 2. The molecule has 0 amide bonds. The van der Waals surface area contributed by atoms with Crippen LogP contribution in [0.2, 0.25) is 5.02 Å². The number of hydrogen-bond acceptors (Lipinski definition) is 4. The van der Waals surface area contributed by atoms with Crippen LogP contribution in [0.5, 0.6) is 0 Å². The van der Waals surface area contributed by atoms with Crippen molar-refractivity contribution in [1.29, 1.82) is 0 Å². The third-order valence-corrected chi connectivity index (χ3v) is 4.93. The minimum atomic E-state index is -3.56. The lowest BCUT2D eigenvalue weighted by Gasteiger charge is -2.12. The van der Waals surface area contributed by atoms with Gasteiger partial charge in [0.25, 0.3) is 0 Å². The maximum Gasteiger partial charge on any atom is 0.242 e. The van der Waals surface area contributed by atoms with Crippen LogP contribution >= 0.6 is 23.4 Å². The van der Waals surface area contributed by atoms with Crippen LogP contribution in [0.15, 0.2) is 23.1 Å². The van der Waals surface area contributed by atoms with Gasteiger partial charge in [-0.25, -0.2) is 13.1 Å². The quantitative estimate of drug-likeness (QED) is 0.814. The Bertz CT molecular complexity index is 491. The van der Waals surface area contributed by atoms with Crippen molar-refractivity contribution in [2.24, 2.45) is 0 Å². The van der Waals surface area contributed by atoms with Gasteiger partial charge in [0.2, 0.25) is 10.0 Å². The van der Waals surface area contributed by atoms with Crippen molar-refractivity contribution in [1.82, 2.24) is 4.72 Å². The van der Waals surface area contributed by atoms with Crippen LogP contribution in [0, 0.1) is 0 Å². The van der Waals surface area contributed by atoms with E-state index < -0.39 is 10.0 Å². The summed E-state index contributed by atoms with van der Waals surface area (Å²) in [7, 11) is -3.56. The van der Waals surface area contributed by atoms with Crippen LogP contribution in [-0.2, 0) is 10.0 Å². The molecule has 4 nitrogen and oxygen atoms in total. The Balaban J connectivity index is 2.90. The zero-order chi connectivity index (χ0) is 13.1. The van der Waals surface area contributed by atoms with Crippen LogP contribution < -0.4 is 10.5 Å². The minimum Gasteiger partial charge on any atom is -0.398 e. The van der Waals surface area contributed by atoms with E-state index in [1.807, 2.05) is 13.2 Å². The minimum absolute atomic E-state index is 0.0650. The molecule has 7 heteroatoms. The Kier molecular flexibility index (Phi) is 5.12.